The summed E-state index contributed by atoms with van der Waals surface area (Å²) in [5.74, 6) is -0.811. The largest absolute Gasteiger partial charge is 0.481 e. The predicted octanol–water partition coefficient (Wildman–Crippen LogP) is 5.38. The van der Waals surface area contributed by atoms with Crippen molar-refractivity contribution >= 4 is 16.9 Å². The first kappa shape index (κ1) is 17.3. The predicted molar refractivity (Wildman–Crippen MR) is 103 cm³/mol. The van der Waals surface area contributed by atoms with Crippen LogP contribution in [-0.4, -0.2) is 16.1 Å². The van der Waals surface area contributed by atoms with Gasteiger partial charge in [0.1, 0.15) is 0 Å². The van der Waals surface area contributed by atoms with Crippen molar-refractivity contribution in [3.63, 3.8) is 0 Å². The van der Waals surface area contributed by atoms with Crippen LogP contribution in [0.5, 0.6) is 0 Å². The number of aromatic amines is 1. The minimum Gasteiger partial charge on any atom is -0.481 e. The summed E-state index contributed by atoms with van der Waals surface area (Å²) in [6.07, 6.45) is 0.0102. The molecule has 0 saturated heterocycles. The molecule has 0 saturated carbocycles. The van der Waals surface area contributed by atoms with E-state index in [-0.39, 0.29) is 11.8 Å². The quantitative estimate of drug-likeness (QED) is 0.675. The number of fused-ring (bicyclic) bond motifs is 1. The van der Waals surface area contributed by atoms with Gasteiger partial charge in [0.25, 0.3) is 0 Å². The molecule has 0 radical (unpaired) electrons. The van der Waals surface area contributed by atoms with E-state index in [1.54, 1.807) is 0 Å². The van der Waals surface area contributed by atoms with Gasteiger partial charge in [-0.1, -0.05) is 44.5 Å². The van der Waals surface area contributed by atoms with Gasteiger partial charge in [0.05, 0.1) is 12.1 Å². The highest BCUT2D eigenvalue weighted by atomic mass is 16.4. The van der Waals surface area contributed by atoms with E-state index in [2.05, 4.69) is 76.0 Å². The Morgan fingerprint density at radius 1 is 1.08 bits per heavy atom. The van der Waals surface area contributed by atoms with E-state index in [0.29, 0.717) is 0 Å². The number of carboxylic acids is 1. The second-order valence-electron chi connectivity index (χ2n) is 7.88. The van der Waals surface area contributed by atoms with Gasteiger partial charge in [0.2, 0.25) is 0 Å². The lowest BCUT2D eigenvalue weighted by molar-refractivity contribution is -0.136. The van der Waals surface area contributed by atoms with Gasteiger partial charge in [-0.15, -0.1) is 0 Å². The molecule has 3 nitrogen and oxygen atoms in total. The summed E-state index contributed by atoms with van der Waals surface area (Å²) in [6.45, 7) is 10.6. The highest BCUT2D eigenvalue weighted by molar-refractivity contribution is 5.95. The molecule has 130 valence electrons. The van der Waals surface area contributed by atoms with Crippen LogP contribution in [0, 0.1) is 13.8 Å². The summed E-state index contributed by atoms with van der Waals surface area (Å²) in [6, 6.07) is 12.6. The van der Waals surface area contributed by atoms with Crippen LogP contribution in [0.1, 0.15) is 43.0 Å². The van der Waals surface area contributed by atoms with Crippen LogP contribution in [0.2, 0.25) is 0 Å². The Morgan fingerprint density at radius 2 is 1.80 bits per heavy atom. The Labute approximate surface area is 148 Å². The summed E-state index contributed by atoms with van der Waals surface area (Å²) >= 11 is 0. The first-order valence-electron chi connectivity index (χ1n) is 8.61. The van der Waals surface area contributed by atoms with Crippen molar-refractivity contribution in [1.29, 1.82) is 0 Å². The maximum absolute atomic E-state index is 11.5. The van der Waals surface area contributed by atoms with E-state index in [0.717, 1.165) is 38.9 Å². The highest BCUT2D eigenvalue weighted by Crippen LogP contribution is 2.35. The number of rotatable bonds is 3. The lowest BCUT2D eigenvalue weighted by atomic mass is 9.86. The van der Waals surface area contributed by atoms with Crippen molar-refractivity contribution in [3.8, 4) is 11.3 Å². The second-order valence-corrected chi connectivity index (χ2v) is 7.88. The average molecular weight is 335 g/mol. The van der Waals surface area contributed by atoms with Gasteiger partial charge in [-0.3, -0.25) is 4.79 Å². The van der Waals surface area contributed by atoms with Crippen LogP contribution in [-0.2, 0) is 16.6 Å². The van der Waals surface area contributed by atoms with Gasteiger partial charge in [-0.05, 0) is 54.2 Å². The van der Waals surface area contributed by atoms with Crippen molar-refractivity contribution in [3.05, 3.63) is 58.7 Å². The molecule has 1 aromatic heterocycles. The molecule has 0 atom stereocenters. The summed E-state index contributed by atoms with van der Waals surface area (Å²) < 4.78 is 0. The lowest BCUT2D eigenvalue weighted by Crippen LogP contribution is -2.10. The third-order valence-electron chi connectivity index (χ3n) is 4.76. The molecule has 25 heavy (non-hydrogen) atoms. The molecule has 3 rings (SSSR count). The third kappa shape index (κ3) is 3.32. The highest BCUT2D eigenvalue weighted by Gasteiger charge is 2.20. The van der Waals surface area contributed by atoms with Crippen LogP contribution in [0.3, 0.4) is 0 Å². The Balaban J connectivity index is 2.31. The van der Waals surface area contributed by atoms with E-state index in [4.69, 9.17) is 0 Å². The molecule has 2 aromatic carbocycles. The average Bonchev–Trinajstić information content (AvgIpc) is 2.86. The van der Waals surface area contributed by atoms with Gasteiger partial charge < -0.3 is 10.1 Å². The third-order valence-corrected chi connectivity index (χ3v) is 4.76. The van der Waals surface area contributed by atoms with Gasteiger partial charge in [0.15, 0.2) is 0 Å². The number of hydrogen-bond acceptors (Lipinski definition) is 1. The first-order chi connectivity index (χ1) is 11.7. The zero-order valence-electron chi connectivity index (χ0n) is 15.5. The normalized spacial score (nSPS) is 11.9. The zero-order chi connectivity index (χ0) is 18.4. The Bertz CT molecular complexity index is 958. The van der Waals surface area contributed by atoms with Crippen molar-refractivity contribution in [2.45, 2.75) is 46.5 Å². The zero-order valence-corrected chi connectivity index (χ0v) is 15.5. The number of carboxylic acid groups (broad SMARTS) is 1. The van der Waals surface area contributed by atoms with E-state index in [1.807, 2.05) is 0 Å². The molecular weight excluding hydrogens is 310 g/mol. The molecule has 1 heterocycles. The number of hydrogen-bond donors (Lipinski definition) is 2. The molecule has 3 heteroatoms. The molecule has 0 fully saturated rings. The topological polar surface area (TPSA) is 53.1 Å². The lowest BCUT2D eigenvalue weighted by Gasteiger charge is -2.19. The number of aryl methyl sites for hydroxylation is 2. The maximum Gasteiger partial charge on any atom is 0.307 e. The SMILES string of the molecule is Cc1ccc(C)c(-c2[nH]c3ccc(C(C)(C)C)cc3c2CC(=O)O)c1. The van der Waals surface area contributed by atoms with Crippen molar-refractivity contribution in [1.82, 2.24) is 4.98 Å². The number of carbonyl (C=O) groups is 1. The number of H-pyrrole nitrogens is 1. The van der Waals surface area contributed by atoms with Gasteiger partial charge >= 0.3 is 5.97 Å². The summed E-state index contributed by atoms with van der Waals surface area (Å²) in [4.78, 5) is 15.0. The molecule has 0 spiro atoms. The Kier molecular flexibility index (Phi) is 4.19. The minimum atomic E-state index is -0.811. The number of nitrogens with one attached hydrogen (secondary N) is 1. The number of aliphatic carboxylic acids is 1. The molecule has 0 aliphatic heterocycles. The molecule has 2 N–H and O–H groups in total. The Hall–Kier alpha value is -2.55. The number of benzene rings is 2. The van der Waals surface area contributed by atoms with E-state index >= 15 is 0 Å². The van der Waals surface area contributed by atoms with Crippen molar-refractivity contribution in [2.24, 2.45) is 0 Å². The van der Waals surface area contributed by atoms with E-state index in [1.165, 1.54) is 5.56 Å². The molecular formula is C22H25NO2. The Morgan fingerprint density at radius 3 is 2.44 bits per heavy atom. The standard InChI is InChI=1S/C22H25NO2/c1-13-6-7-14(2)16(10-13)21-18(12-20(24)25)17-11-15(22(3,4)5)8-9-19(17)23-21/h6-11,23H,12H2,1-5H3,(H,24,25). The summed E-state index contributed by atoms with van der Waals surface area (Å²) in [7, 11) is 0. The van der Waals surface area contributed by atoms with Crippen LogP contribution in [0.25, 0.3) is 22.2 Å². The van der Waals surface area contributed by atoms with Gasteiger partial charge in [-0.25, -0.2) is 0 Å². The minimum absolute atomic E-state index is 0.0102. The van der Waals surface area contributed by atoms with Gasteiger partial charge in [-0.2, -0.15) is 0 Å². The first-order valence-corrected chi connectivity index (χ1v) is 8.61. The van der Waals surface area contributed by atoms with E-state index < -0.39 is 5.97 Å². The number of aromatic nitrogens is 1. The fraction of sp³-hybridized carbons (Fsp3) is 0.318. The van der Waals surface area contributed by atoms with E-state index in [9.17, 15) is 9.90 Å². The molecule has 0 amide bonds. The molecule has 0 aliphatic carbocycles. The molecule has 0 bridgehead atoms. The molecule has 3 aromatic rings. The molecule has 0 aliphatic rings. The fourth-order valence-electron chi connectivity index (χ4n) is 3.28. The maximum atomic E-state index is 11.5. The molecule has 0 unspecified atom stereocenters. The van der Waals surface area contributed by atoms with Crippen LogP contribution < -0.4 is 0 Å². The summed E-state index contributed by atoms with van der Waals surface area (Å²) in [5.41, 5.74) is 7.37. The second kappa shape index (κ2) is 6.07. The smallest absolute Gasteiger partial charge is 0.307 e. The fourth-order valence-corrected chi connectivity index (χ4v) is 3.28. The van der Waals surface area contributed by atoms with Crippen LogP contribution in [0.15, 0.2) is 36.4 Å². The van der Waals surface area contributed by atoms with Crippen LogP contribution in [0.4, 0.5) is 0 Å². The summed E-state index contributed by atoms with van der Waals surface area (Å²) in [5, 5.41) is 10.5. The monoisotopic (exact) mass is 335 g/mol. The van der Waals surface area contributed by atoms with Crippen molar-refractivity contribution in [2.75, 3.05) is 0 Å². The van der Waals surface area contributed by atoms with Crippen molar-refractivity contribution < 1.29 is 9.90 Å². The van der Waals surface area contributed by atoms with Crippen LogP contribution >= 0.6 is 0 Å². The van der Waals surface area contributed by atoms with Gasteiger partial charge in [0, 0.05) is 16.5 Å².